The fourth-order valence-electron chi connectivity index (χ4n) is 3.81. The summed E-state index contributed by atoms with van der Waals surface area (Å²) in [6, 6.07) is 11.1. The topological polar surface area (TPSA) is 96.2 Å². The number of ether oxygens (including phenoxy) is 3. The normalized spacial score (nSPS) is 15.3. The van der Waals surface area contributed by atoms with Gasteiger partial charge in [0.1, 0.15) is 0 Å². The van der Waals surface area contributed by atoms with Crippen LogP contribution in [0.4, 0.5) is 0 Å². The van der Waals surface area contributed by atoms with Gasteiger partial charge in [0.2, 0.25) is 0 Å². The Kier molecular flexibility index (Phi) is 6.90. The van der Waals surface area contributed by atoms with Crippen LogP contribution in [-0.2, 0) is 14.3 Å². The van der Waals surface area contributed by atoms with Crippen LogP contribution < -0.4 is 24.4 Å². The van der Waals surface area contributed by atoms with E-state index in [-0.39, 0.29) is 22.6 Å². The number of benzene rings is 2. The first-order valence-corrected chi connectivity index (χ1v) is 11.7. The Bertz CT molecular complexity index is 1540. The van der Waals surface area contributed by atoms with Crippen LogP contribution in [0.2, 0.25) is 5.02 Å². The quantitative estimate of drug-likeness (QED) is 0.385. The molecule has 3 aromatic rings. The van der Waals surface area contributed by atoms with Crippen LogP contribution in [0.1, 0.15) is 31.0 Å². The number of thiazole rings is 1. The molecule has 0 radical (unpaired) electrons. The van der Waals surface area contributed by atoms with Gasteiger partial charge in [-0.05, 0) is 48.4 Å². The zero-order valence-corrected chi connectivity index (χ0v) is 20.9. The van der Waals surface area contributed by atoms with Gasteiger partial charge in [-0.2, -0.15) is 0 Å². The van der Waals surface area contributed by atoms with Crippen molar-refractivity contribution in [2.24, 2.45) is 4.99 Å². The standard InChI is InChI=1S/C25H21ClN2O6S/c1-13-21(24(31)33-4)22(16-7-10-18(34-14(2)29)19(12-16)32-3)28-23(30)20(35-25(28)27-13)11-15-5-8-17(26)9-6-15/h5-12,22H,1-4H3/b20-11-. The van der Waals surface area contributed by atoms with Crippen molar-refractivity contribution in [1.82, 2.24) is 4.57 Å². The molecule has 2 aromatic carbocycles. The summed E-state index contributed by atoms with van der Waals surface area (Å²) in [6.45, 7) is 2.98. The number of nitrogens with zero attached hydrogens (tertiary/aromatic N) is 2. The fourth-order valence-corrected chi connectivity index (χ4v) is 4.98. The molecule has 8 nitrogen and oxygen atoms in total. The van der Waals surface area contributed by atoms with Crippen LogP contribution in [0.3, 0.4) is 0 Å². The average Bonchev–Trinajstić information content (AvgIpc) is 3.13. The number of carbonyl (C=O) groups excluding carboxylic acids is 2. The van der Waals surface area contributed by atoms with Gasteiger partial charge in [0.15, 0.2) is 16.3 Å². The smallest absolute Gasteiger partial charge is 0.338 e. The summed E-state index contributed by atoms with van der Waals surface area (Å²) < 4.78 is 17.5. The van der Waals surface area contributed by atoms with Crippen LogP contribution in [0, 0.1) is 0 Å². The fraction of sp³-hybridized carbons (Fsp3) is 0.200. The van der Waals surface area contributed by atoms with Crippen molar-refractivity contribution in [1.29, 1.82) is 0 Å². The Morgan fingerprint density at radius 2 is 1.83 bits per heavy atom. The van der Waals surface area contributed by atoms with E-state index in [1.54, 1.807) is 43.3 Å². The molecule has 2 heterocycles. The number of methoxy groups -OCH3 is 2. The van der Waals surface area contributed by atoms with E-state index in [4.69, 9.17) is 25.8 Å². The Balaban J connectivity index is 1.95. The summed E-state index contributed by atoms with van der Waals surface area (Å²) in [4.78, 5) is 42.8. The van der Waals surface area contributed by atoms with Crippen LogP contribution in [0.5, 0.6) is 11.5 Å². The Hall–Kier alpha value is -3.69. The Morgan fingerprint density at radius 3 is 2.46 bits per heavy atom. The number of halogens is 1. The second-order valence-electron chi connectivity index (χ2n) is 7.63. The molecule has 0 spiro atoms. The third-order valence-corrected chi connectivity index (χ3v) is 6.59. The Morgan fingerprint density at radius 1 is 1.11 bits per heavy atom. The highest BCUT2D eigenvalue weighted by Crippen LogP contribution is 2.36. The van der Waals surface area contributed by atoms with Gasteiger partial charge in [-0.3, -0.25) is 14.2 Å². The van der Waals surface area contributed by atoms with E-state index in [1.807, 2.05) is 12.1 Å². The molecule has 180 valence electrons. The SMILES string of the molecule is COC(=O)C1=C(C)N=c2s/c(=C\c3ccc(Cl)cc3)c(=O)n2C1c1ccc(OC(C)=O)c(OC)c1. The highest BCUT2D eigenvalue weighted by atomic mass is 35.5. The summed E-state index contributed by atoms with van der Waals surface area (Å²) in [5.74, 6) is -0.609. The van der Waals surface area contributed by atoms with Crippen molar-refractivity contribution in [2.75, 3.05) is 14.2 Å². The summed E-state index contributed by atoms with van der Waals surface area (Å²) in [7, 11) is 2.71. The lowest BCUT2D eigenvalue weighted by Crippen LogP contribution is -2.39. The first-order valence-electron chi connectivity index (χ1n) is 10.5. The second kappa shape index (κ2) is 9.89. The second-order valence-corrected chi connectivity index (χ2v) is 9.07. The zero-order chi connectivity index (χ0) is 25.3. The maximum atomic E-state index is 13.6. The van der Waals surface area contributed by atoms with E-state index in [0.29, 0.717) is 25.6 Å². The van der Waals surface area contributed by atoms with Crippen LogP contribution >= 0.6 is 22.9 Å². The zero-order valence-electron chi connectivity index (χ0n) is 19.3. The van der Waals surface area contributed by atoms with Gasteiger partial charge in [-0.1, -0.05) is 41.1 Å². The molecule has 1 atom stereocenters. The van der Waals surface area contributed by atoms with E-state index in [1.165, 1.54) is 37.0 Å². The van der Waals surface area contributed by atoms with E-state index in [2.05, 4.69) is 4.99 Å². The first kappa shape index (κ1) is 24.4. The molecule has 0 N–H and O–H groups in total. The molecule has 35 heavy (non-hydrogen) atoms. The van der Waals surface area contributed by atoms with Crippen molar-refractivity contribution in [3.8, 4) is 11.5 Å². The molecule has 10 heteroatoms. The van der Waals surface area contributed by atoms with Crippen LogP contribution in [0.15, 0.2) is 63.5 Å². The lowest BCUT2D eigenvalue weighted by atomic mass is 9.95. The molecule has 1 aliphatic rings. The van der Waals surface area contributed by atoms with E-state index < -0.39 is 18.0 Å². The monoisotopic (exact) mass is 512 g/mol. The number of rotatable bonds is 5. The summed E-state index contributed by atoms with van der Waals surface area (Å²) >= 11 is 7.19. The molecular formula is C25H21ClN2O6S. The van der Waals surface area contributed by atoms with Crippen molar-refractivity contribution in [2.45, 2.75) is 19.9 Å². The third-order valence-electron chi connectivity index (χ3n) is 5.35. The molecule has 0 saturated heterocycles. The molecule has 1 aliphatic heterocycles. The largest absolute Gasteiger partial charge is 0.493 e. The van der Waals surface area contributed by atoms with Crippen molar-refractivity contribution < 1.29 is 23.8 Å². The van der Waals surface area contributed by atoms with E-state index >= 15 is 0 Å². The molecule has 0 bridgehead atoms. The number of aromatic nitrogens is 1. The maximum absolute atomic E-state index is 13.6. The minimum absolute atomic E-state index is 0.221. The first-order chi connectivity index (χ1) is 16.7. The van der Waals surface area contributed by atoms with Gasteiger partial charge in [0, 0.05) is 11.9 Å². The predicted molar refractivity (Wildman–Crippen MR) is 132 cm³/mol. The molecule has 0 aliphatic carbocycles. The number of allylic oxidation sites excluding steroid dienone is 1. The Labute approximate surface area is 209 Å². The van der Waals surface area contributed by atoms with Gasteiger partial charge in [0.25, 0.3) is 5.56 Å². The van der Waals surface area contributed by atoms with E-state index in [0.717, 1.165) is 5.56 Å². The summed E-state index contributed by atoms with van der Waals surface area (Å²) in [6.07, 6.45) is 1.75. The molecule has 1 aromatic heterocycles. The summed E-state index contributed by atoms with van der Waals surface area (Å²) in [5.41, 5.74) is 1.70. The lowest BCUT2D eigenvalue weighted by Gasteiger charge is -2.25. The predicted octanol–water partition coefficient (Wildman–Crippen LogP) is 3.00. The maximum Gasteiger partial charge on any atom is 0.338 e. The third kappa shape index (κ3) is 4.78. The van der Waals surface area contributed by atoms with Crippen molar-refractivity contribution in [3.63, 3.8) is 0 Å². The van der Waals surface area contributed by atoms with Crippen molar-refractivity contribution in [3.05, 3.63) is 89.6 Å². The van der Waals surface area contributed by atoms with Crippen LogP contribution in [0.25, 0.3) is 6.08 Å². The minimum Gasteiger partial charge on any atom is -0.493 e. The lowest BCUT2D eigenvalue weighted by molar-refractivity contribution is -0.136. The number of hydrogen-bond acceptors (Lipinski definition) is 8. The molecule has 0 fully saturated rings. The van der Waals surface area contributed by atoms with E-state index in [9.17, 15) is 14.4 Å². The molecule has 0 saturated carbocycles. The van der Waals surface area contributed by atoms with Gasteiger partial charge in [0.05, 0.1) is 36.1 Å². The molecule has 1 unspecified atom stereocenters. The molecule has 4 rings (SSSR count). The number of fused-ring (bicyclic) bond motifs is 1. The number of esters is 2. The van der Waals surface area contributed by atoms with Gasteiger partial charge in [-0.25, -0.2) is 9.79 Å². The highest BCUT2D eigenvalue weighted by Gasteiger charge is 2.33. The van der Waals surface area contributed by atoms with Crippen molar-refractivity contribution >= 4 is 41.0 Å². The van der Waals surface area contributed by atoms with Crippen LogP contribution in [-0.4, -0.2) is 30.7 Å². The van der Waals surface area contributed by atoms with Gasteiger partial charge in [-0.15, -0.1) is 0 Å². The summed E-state index contributed by atoms with van der Waals surface area (Å²) in [5, 5.41) is 0.591. The molecular weight excluding hydrogens is 492 g/mol. The number of carbonyl (C=O) groups is 2. The number of hydrogen-bond donors (Lipinski definition) is 0. The average molecular weight is 513 g/mol. The minimum atomic E-state index is -0.827. The van der Waals surface area contributed by atoms with Gasteiger partial charge < -0.3 is 14.2 Å². The van der Waals surface area contributed by atoms with Gasteiger partial charge >= 0.3 is 11.9 Å². The highest BCUT2D eigenvalue weighted by molar-refractivity contribution is 7.07. The molecule has 0 amide bonds.